The molecule has 1 aromatic rings. The first kappa shape index (κ1) is 11.8. The van der Waals surface area contributed by atoms with Gasteiger partial charge in [0, 0.05) is 17.0 Å². The van der Waals surface area contributed by atoms with E-state index in [1.165, 1.54) is 12.8 Å². The van der Waals surface area contributed by atoms with Crippen molar-refractivity contribution in [2.24, 2.45) is 0 Å². The third-order valence-electron chi connectivity index (χ3n) is 2.80. The van der Waals surface area contributed by atoms with Crippen LogP contribution in [0.1, 0.15) is 46.4 Å². The van der Waals surface area contributed by atoms with Crippen LogP contribution in [0.2, 0.25) is 0 Å². The second-order valence-corrected chi connectivity index (χ2v) is 6.65. The molecule has 0 atom stereocenters. The van der Waals surface area contributed by atoms with E-state index < -0.39 is 0 Å². The summed E-state index contributed by atoms with van der Waals surface area (Å²) in [7, 11) is 0. The maximum Gasteiger partial charge on any atom is 0.137 e. The molecule has 1 N–H and O–H groups in total. The highest BCUT2D eigenvalue weighted by atomic mass is 79.9. The zero-order chi connectivity index (χ0) is 12.0. The van der Waals surface area contributed by atoms with Crippen molar-refractivity contribution < 1.29 is 0 Å². The monoisotopic (exact) mass is 283 g/mol. The predicted octanol–water partition coefficient (Wildman–Crippen LogP) is 3.50. The van der Waals surface area contributed by atoms with E-state index >= 15 is 0 Å². The van der Waals surface area contributed by atoms with Crippen LogP contribution >= 0.6 is 15.9 Å². The molecule has 0 unspecified atom stereocenters. The van der Waals surface area contributed by atoms with Gasteiger partial charge in [-0.3, -0.25) is 0 Å². The Labute approximate surface area is 105 Å². The van der Waals surface area contributed by atoms with Crippen molar-refractivity contribution in [2.45, 2.75) is 51.5 Å². The summed E-state index contributed by atoms with van der Waals surface area (Å²) in [4.78, 5) is 9.00. The van der Waals surface area contributed by atoms with Crippen molar-refractivity contribution in [1.29, 1.82) is 0 Å². The molecule has 16 heavy (non-hydrogen) atoms. The lowest BCUT2D eigenvalue weighted by molar-refractivity contribution is 0.543. The third kappa shape index (κ3) is 2.73. The molecule has 1 fully saturated rings. The van der Waals surface area contributed by atoms with Gasteiger partial charge in [0.25, 0.3) is 0 Å². The average molecular weight is 284 g/mol. The van der Waals surface area contributed by atoms with Crippen LogP contribution in [0.15, 0.2) is 10.7 Å². The smallest absolute Gasteiger partial charge is 0.137 e. The fourth-order valence-electron chi connectivity index (χ4n) is 1.44. The Balaban J connectivity index is 2.29. The molecule has 0 spiro atoms. The molecule has 0 bridgehead atoms. The number of nitrogens with one attached hydrogen (secondary N) is 1. The van der Waals surface area contributed by atoms with Crippen LogP contribution < -0.4 is 5.32 Å². The van der Waals surface area contributed by atoms with Crippen molar-refractivity contribution in [3.63, 3.8) is 0 Å². The van der Waals surface area contributed by atoms with E-state index in [9.17, 15) is 0 Å². The van der Waals surface area contributed by atoms with Gasteiger partial charge in [-0.25, -0.2) is 9.97 Å². The van der Waals surface area contributed by atoms with Crippen molar-refractivity contribution in [1.82, 2.24) is 9.97 Å². The summed E-state index contributed by atoms with van der Waals surface area (Å²) in [5.74, 6) is 1.79. The summed E-state index contributed by atoms with van der Waals surface area (Å²) in [6.07, 6.45) is 2.44. The maximum atomic E-state index is 4.58. The Kier molecular flexibility index (Phi) is 2.73. The van der Waals surface area contributed by atoms with Gasteiger partial charge >= 0.3 is 0 Å². The normalized spacial score (nSPS) is 18.3. The van der Waals surface area contributed by atoms with Gasteiger partial charge in [-0.05, 0) is 35.7 Å². The van der Waals surface area contributed by atoms with Crippen LogP contribution in [0.4, 0.5) is 5.82 Å². The SMILES string of the molecule is CC1(Nc2cc(Br)nc(C(C)(C)C)n2)CC1. The summed E-state index contributed by atoms with van der Waals surface area (Å²) < 4.78 is 0.846. The first-order chi connectivity index (χ1) is 7.28. The Morgan fingerprint density at radius 2 is 1.94 bits per heavy atom. The average Bonchev–Trinajstić information content (AvgIpc) is 2.80. The van der Waals surface area contributed by atoms with Gasteiger partial charge in [0.1, 0.15) is 16.2 Å². The summed E-state index contributed by atoms with van der Waals surface area (Å²) in [6, 6.07) is 1.94. The molecule has 0 aliphatic heterocycles. The number of hydrogen-bond acceptors (Lipinski definition) is 3. The van der Waals surface area contributed by atoms with Crippen LogP contribution in [0.25, 0.3) is 0 Å². The standard InChI is InChI=1S/C12H18BrN3/c1-11(2,3)10-14-8(13)7-9(15-10)16-12(4)5-6-12/h7H,5-6H2,1-4H3,(H,14,15,16). The minimum atomic E-state index is -0.0231. The third-order valence-corrected chi connectivity index (χ3v) is 3.20. The lowest BCUT2D eigenvalue weighted by Crippen LogP contribution is -2.21. The van der Waals surface area contributed by atoms with Gasteiger partial charge in [0.05, 0.1) is 0 Å². The first-order valence-electron chi connectivity index (χ1n) is 5.62. The minimum absolute atomic E-state index is 0.0231. The van der Waals surface area contributed by atoms with E-state index in [-0.39, 0.29) is 11.0 Å². The fraction of sp³-hybridized carbons (Fsp3) is 0.667. The number of aromatic nitrogens is 2. The first-order valence-corrected chi connectivity index (χ1v) is 6.41. The van der Waals surface area contributed by atoms with E-state index in [2.05, 4.69) is 58.9 Å². The molecule has 1 saturated carbocycles. The van der Waals surface area contributed by atoms with Crippen LogP contribution in [-0.4, -0.2) is 15.5 Å². The Morgan fingerprint density at radius 3 is 2.44 bits per heavy atom. The van der Waals surface area contributed by atoms with Crippen LogP contribution in [0.3, 0.4) is 0 Å². The number of hydrogen-bond donors (Lipinski definition) is 1. The molecule has 1 aromatic heterocycles. The molecule has 1 aliphatic carbocycles. The molecule has 1 aliphatic rings. The van der Waals surface area contributed by atoms with Crippen molar-refractivity contribution >= 4 is 21.7 Å². The van der Waals surface area contributed by atoms with Gasteiger partial charge in [0.2, 0.25) is 0 Å². The molecule has 3 nitrogen and oxygen atoms in total. The van der Waals surface area contributed by atoms with E-state index in [0.717, 1.165) is 16.2 Å². The summed E-state index contributed by atoms with van der Waals surface area (Å²) >= 11 is 3.44. The van der Waals surface area contributed by atoms with Gasteiger partial charge in [0.15, 0.2) is 0 Å². The second-order valence-electron chi connectivity index (χ2n) is 5.84. The highest BCUT2D eigenvalue weighted by Gasteiger charge is 2.37. The Hall–Kier alpha value is -0.640. The van der Waals surface area contributed by atoms with Gasteiger partial charge in [-0.1, -0.05) is 20.8 Å². The van der Waals surface area contributed by atoms with E-state index in [1.807, 2.05) is 6.07 Å². The summed E-state index contributed by atoms with van der Waals surface area (Å²) in [6.45, 7) is 8.59. The Morgan fingerprint density at radius 1 is 1.31 bits per heavy atom. The maximum absolute atomic E-state index is 4.58. The summed E-state index contributed by atoms with van der Waals surface area (Å²) in [5.41, 5.74) is 0.230. The molecule has 88 valence electrons. The second kappa shape index (κ2) is 3.69. The molecule has 0 radical (unpaired) electrons. The predicted molar refractivity (Wildman–Crippen MR) is 69.7 cm³/mol. The quantitative estimate of drug-likeness (QED) is 0.845. The van der Waals surface area contributed by atoms with E-state index in [4.69, 9.17) is 0 Å². The van der Waals surface area contributed by atoms with Gasteiger partial charge in [-0.2, -0.15) is 0 Å². The van der Waals surface area contributed by atoms with Crippen molar-refractivity contribution in [3.05, 3.63) is 16.5 Å². The minimum Gasteiger partial charge on any atom is -0.365 e. The van der Waals surface area contributed by atoms with E-state index in [0.29, 0.717) is 0 Å². The molecule has 2 rings (SSSR count). The molecule has 1 heterocycles. The molecular weight excluding hydrogens is 266 g/mol. The number of nitrogens with zero attached hydrogens (tertiary/aromatic N) is 2. The molecular formula is C12H18BrN3. The van der Waals surface area contributed by atoms with Crippen LogP contribution in [-0.2, 0) is 5.41 Å². The van der Waals surface area contributed by atoms with E-state index in [1.54, 1.807) is 0 Å². The lowest BCUT2D eigenvalue weighted by atomic mass is 9.96. The van der Waals surface area contributed by atoms with Gasteiger partial charge < -0.3 is 5.32 Å². The topological polar surface area (TPSA) is 37.8 Å². The lowest BCUT2D eigenvalue weighted by Gasteiger charge is -2.19. The molecule has 4 heteroatoms. The highest BCUT2D eigenvalue weighted by Crippen LogP contribution is 2.38. The number of rotatable bonds is 2. The van der Waals surface area contributed by atoms with Gasteiger partial charge in [-0.15, -0.1) is 0 Å². The number of anilines is 1. The molecule has 0 saturated heterocycles. The highest BCUT2D eigenvalue weighted by molar-refractivity contribution is 9.10. The van der Waals surface area contributed by atoms with Crippen LogP contribution in [0, 0.1) is 0 Å². The van der Waals surface area contributed by atoms with Crippen molar-refractivity contribution in [3.8, 4) is 0 Å². The largest absolute Gasteiger partial charge is 0.365 e. The molecule has 0 amide bonds. The number of halogens is 1. The zero-order valence-electron chi connectivity index (χ0n) is 10.3. The Bertz CT molecular complexity index is 405. The van der Waals surface area contributed by atoms with Crippen molar-refractivity contribution in [2.75, 3.05) is 5.32 Å². The van der Waals surface area contributed by atoms with Crippen LogP contribution in [0.5, 0.6) is 0 Å². The molecule has 0 aromatic carbocycles. The fourth-order valence-corrected chi connectivity index (χ4v) is 1.82. The zero-order valence-corrected chi connectivity index (χ0v) is 11.8. The summed E-state index contributed by atoms with van der Waals surface area (Å²) in [5, 5.41) is 3.46.